The fourth-order valence-corrected chi connectivity index (χ4v) is 7.63. The number of aliphatic imine (C=N–C) groups is 1. The fourth-order valence-electron chi connectivity index (χ4n) is 6.89. The Kier molecular flexibility index (Phi) is 10.7. The summed E-state index contributed by atoms with van der Waals surface area (Å²) in [5.74, 6) is -4.90. The molecule has 1 amide bonds. The van der Waals surface area contributed by atoms with E-state index in [1.807, 2.05) is 0 Å². The van der Waals surface area contributed by atoms with E-state index >= 15 is 8.78 Å². The number of nitrogens with one attached hydrogen (secondary N) is 2. The number of rotatable bonds is 9. The van der Waals surface area contributed by atoms with Crippen LogP contribution < -0.4 is 15.8 Å². The summed E-state index contributed by atoms with van der Waals surface area (Å²) in [7, 11) is -2.36. The van der Waals surface area contributed by atoms with Gasteiger partial charge in [-0.15, -0.1) is 0 Å². The molecule has 11 nitrogen and oxygen atoms in total. The van der Waals surface area contributed by atoms with Gasteiger partial charge in [-0.05, 0) is 62.1 Å². The van der Waals surface area contributed by atoms with Crippen molar-refractivity contribution in [2.45, 2.75) is 44.0 Å². The first-order valence-electron chi connectivity index (χ1n) is 17.1. The van der Waals surface area contributed by atoms with Gasteiger partial charge in [0.25, 0.3) is 5.92 Å². The third-order valence-electron chi connectivity index (χ3n) is 9.23. The SMILES string of the molecule is C=C1[C@@H]2C(=C(N)C(F)(F)F)C(=NCC(=O)NC(Cc3cc(F)cc(F)c3)c3nc(C#CC(C)(C)O)ccc3-c3ccc(Cl)c4c(NS(C)(=O)=O)nn(C)c34)C(F)(F)[C@H]12. The van der Waals surface area contributed by atoms with E-state index < -0.39 is 93.1 Å². The Morgan fingerprint density at radius 2 is 1.78 bits per heavy atom. The summed E-state index contributed by atoms with van der Waals surface area (Å²) in [5, 5.41) is 17.4. The van der Waals surface area contributed by atoms with E-state index in [9.17, 15) is 40.3 Å². The van der Waals surface area contributed by atoms with Crippen LogP contribution in [0, 0.1) is 35.3 Å². The molecule has 4 aromatic rings. The van der Waals surface area contributed by atoms with Crippen molar-refractivity contribution < 1.29 is 49.1 Å². The minimum atomic E-state index is -5.19. The van der Waals surface area contributed by atoms with Crippen LogP contribution >= 0.6 is 11.6 Å². The van der Waals surface area contributed by atoms with Crippen molar-refractivity contribution in [1.82, 2.24) is 20.1 Å². The van der Waals surface area contributed by atoms with Crippen molar-refractivity contribution in [2.75, 3.05) is 17.5 Å². The number of alkyl halides is 5. The molecule has 0 bridgehead atoms. The number of hydrogen-bond donors (Lipinski definition) is 4. The number of hydrogen-bond acceptors (Lipinski definition) is 8. The molecule has 5 N–H and O–H groups in total. The highest BCUT2D eigenvalue weighted by Gasteiger charge is 2.71. The zero-order chi connectivity index (χ0) is 42.9. The maximum atomic E-state index is 15.4. The maximum absolute atomic E-state index is 15.4. The van der Waals surface area contributed by atoms with Crippen LogP contribution in [0.4, 0.5) is 36.6 Å². The van der Waals surface area contributed by atoms with Gasteiger partial charge < -0.3 is 16.2 Å². The van der Waals surface area contributed by atoms with Crippen LogP contribution in [0.1, 0.15) is 36.8 Å². The van der Waals surface area contributed by atoms with Crippen molar-refractivity contribution >= 4 is 50.0 Å². The predicted octanol–water partition coefficient (Wildman–Crippen LogP) is 6.13. The van der Waals surface area contributed by atoms with E-state index in [2.05, 4.69) is 43.5 Å². The lowest BCUT2D eigenvalue weighted by atomic mass is 9.93. The Hall–Kier alpha value is -5.45. The molecule has 306 valence electrons. The van der Waals surface area contributed by atoms with E-state index in [1.54, 1.807) is 0 Å². The third-order valence-corrected chi connectivity index (χ3v) is 10.1. The number of aryl methyl sites for hydroxylation is 1. The number of nitrogens with zero attached hydrogens (tertiary/aromatic N) is 4. The van der Waals surface area contributed by atoms with Gasteiger partial charge in [-0.2, -0.15) is 27.1 Å². The van der Waals surface area contributed by atoms with Crippen molar-refractivity contribution in [2.24, 2.45) is 29.6 Å². The van der Waals surface area contributed by atoms with Gasteiger partial charge in [-0.1, -0.05) is 35.7 Å². The normalized spacial score (nSPS) is 19.7. The molecule has 3 atom stereocenters. The molecule has 2 aromatic heterocycles. The Morgan fingerprint density at radius 1 is 1.14 bits per heavy atom. The Balaban J connectivity index is 1.51. The molecule has 20 heteroatoms. The monoisotopic (exact) mass is 851 g/mol. The molecule has 2 heterocycles. The molecular weight excluding hydrogens is 819 g/mol. The number of nitrogens with two attached hydrogens (primary N) is 1. The minimum absolute atomic E-state index is 0.0136. The molecule has 2 aliphatic carbocycles. The number of allylic oxidation sites excluding steroid dienone is 3. The van der Waals surface area contributed by atoms with E-state index in [4.69, 9.17) is 17.3 Å². The third kappa shape index (κ3) is 8.54. The number of amides is 1. The first-order valence-corrected chi connectivity index (χ1v) is 19.4. The van der Waals surface area contributed by atoms with Gasteiger partial charge in [-0.25, -0.2) is 22.2 Å². The highest BCUT2D eigenvalue weighted by atomic mass is 35.5. The second kappa shape index (κ2) is 14.7. The molecule has 0 saturated heterocycles. The average Bonchev–Trinajstić information content (AvgIpc) is 3.55. The average molecular weight is 852 g/mol. The summed E-state index contributed by atoms with van der Waals surface area (Å²) in [6.45, 7) is 5.10. The van der Waals surface area contributed by atoms with Crippen LogP contribution in [-0.2, 0) is 28.3 Å². The zero-order valence-corrected chi connectivity index (χ0v) is 32.4. The number of aliphatic hydroxyl groups is 1. The maximum Gasteiger partial charge on any atom is 0.431 e. The zero-order valence-electron chi connectivity index (χ0n) is 30.9. The van der Waals surface area contributed by atoms with Gasteiger partial charge >= 0.3 is 6.18 Å². The summed E-state index contributed by atoms with van der Waals surface area (Å²) in [6, 6.07) is 7.09. The Labute approximate surface area is 331 Å². The fraction of sp³-hybridized carbons (Fsp3) is 0.316. The standard InChI is InChI=1S/C38H33ClF7N7O4S/c1-17-27-29(33(47)38(44,45)46)34(37(42,43)30(17)27)48-16-26(54)50-25(14-18-12-19(40)15-20(41)13-18)31-22(7-6-21(49-31)10-11-36(2,3)55)23-8-9-24(39)28-32(23)53(4)51-35(28)52-58(5,56)57/h6-9,12-13,15,25,27,30,55H,1,14,16,47H2,2-5H3,(H,50,54)(H,51,52)/t25?,27-,30-/m1/s1. The molecule has 6 rings (SSSR count). The van der Waals surface area contributed by atoms with Crippen LogP contribution in [0.15, 0.2) is 70.9 Å². The quantitative estimate of drug-likeness (QED) is 0.0895. The van der Waals surface area contributed by atoms with Gasteiger partial charge in [0, 0.05) is 35.7 Å². The smallest absolute Gasteiger partial charge is 0.394 e. The number of benzene rings is 2. The van der Waals surface area contributed by atoms with Crippen molar-refractivity contribution in [3.05, 3.63) is 99.5 Å². The number of aromatic nitrogens is 3. The van der Waals surface area contributed by atoms with E-state index in [-0.39, 0.29) is 49.8 Å². The molecule has 1 unspecified atom stereocenters. The second-order valence-corrected chi connectivity index (χ2v) is 16.5. The predicted molar refractivity (Wildman–Crippen MR) is 202 cm³/mol. The number of carbonyl (C=O) groups excluding carboxylic acids is 1. The lowest BCUT2D eigenvalue weighted by Gasteiger charge is -2.23. The number of halogens is 8. The molecule has 0 spiro atoms. The molecule has 0 aliphatic heterocycles. The number of fused-ring (bicyclic) bond motifs is 2. The van der Waals surface area contributed by atoms with Gasteiger partial charge in [0.05, 0.1) is 39.8 Å². The number of pyridine rings is 1. The van der Waals surface area contributed by atoms with Gasteiger partial charge in [0.15, 0.2) is 5.82 Å². The minimum Gasteiger partial charge on any atom is -0.394 e. The molecule has 0 radical (unpaired) electrons. The number of anilines is 1. The largest absolute Gasteiger partial charge is 0.431 e. The van der Waals surface area contributed by atoms with Gasteiger partial charge in [0.2, 0.25) is 15.9 Å². The Morgan fingerprint density at radius 3 is 2.38 bits per heavy atom. The summed E-state index contributed by atoms with van der Waals surface area (Å²) in [5.41, 5.74) is 0.317. The first-order chi connectivity index (χ1) is 26.8. The first kappa shape index (κ1) is 42.2. The van der Waals surface area contributed by atoms with Crippen molar-refractivity contribution in [3.63, 3.8) is 0 Å². The highest BCUT2D eigenvalue weighted by molar-refractivity contribution is 7.92. The van der Waals surface area contributed by atoms with Crippen LogP contribution in [0.3, 0.4) is 0 Å². The van der Waals surface area contributed by atoms with Gasteiger partial charge in [0.1, 0.15) is 40.9 Å². The number of sulfonamides is 1. The second-order valence-electron chi connectivity index (χ2n) is 14.3. The lowest BCUT2D eigenvalue weighted by Crippen LogP contribution is -2.35. The summed E-state index contributed by atoms with van der Waals surface area (Å²) in [4.78, 5) is 22.0. The molecule has 58 heavy (non-hydrogen) atoms. The molecule has 2 aromatic carbocycles. The molecular formula is C38H33ClF7N7O4S. The van der Waals surface area contributed by atoms with E-state index in [0.717, 1.165) is 18.4 Å². The van der Waals surface area contributed by atoms with E-state index in [1.165, 1.54) is 49.8 Å². The van der Waals surface area contributed by atoms with Crippen LogP contribution in [0.2, 0.25) is 5.02 Å². The van der Waals surface area contributed by atoms with E-state index in [0.29, 0.717) is 11.6 Å². The van der Waals surface area contributed by atoms with Crippen molar-refractivity contribution in [1.29, 1.82) is 0 Å². The van der Waals surface area contributed by atoms with Gasteiger partial charge in [-0.3, -0.25) is 19.2 Å². The summed E-state index contributed by atoms with van der Waals surface area (Å²) >= 11 is 6.55. The molecule has 2 saturated carbocycles. The highest BCUT2D eigenvalue weighted by Crippen LogP contribution is 2.65. The van der Waals surface area contributed by atoms with Crippen LogP contribution in [0.25, 0.3) is 22.0 Å². The van der Waals surface area contributed by atoms with Crippen LogP contribution in [-0.4, -0.2) is 70.4 Å². The molecule has 2 aliphatic rings. The summed E-state index contributed by atoms with van der Waals surface area (Å²) < 4.78 is 129. The summed E-state index contributed by atoms with van der Waals surface area (Å²) in [6.07, 6.45) is -4.69. The van der Waals surface area contributed by atoms with Crippen molar-refractivity contribution in [3.8, 4) is 23.0 Å². The molecule has 2 fully saturated rings. The lowest BCUT2D eigenvalue weighted by molar-refractivity contribution is -0.120. The topological polar surface area (TPSA) is 165 Å². The van der Waals surface area contributed by atoms with Crippen LogP contribution in [0.5, 0.6) is 0 Å². The Bertz CT molecular complexity index is 2620. The number of carbonyl (C=O) groups is 1.